The van der Waals surface area contributed by atoms with E-state index in [0.29, 0.717) is 65.1 Å². The number of aromatic hydroxyl groups is 2. The van der Waals surface area contributed by atoms with Gasteiger partial charge in [-0.2, -0.15) is 10.2 Å². The first-order chi connectivity index (χ1) is 28.1. The van der Waals surface area contributed by atoms with Crippen LogP contribution in [0.4, 0.5) is 34.1 Å². The number of hydrogen-bond acceptors (Lipinski definition) is 8. The molecule has 0 saturated carbocycles. The van der Waals surface area contributed by atoms with E-state index >= 15 is 0 Å². The smallest absolute Gasteiger partial charge is 0.259 e. The number of carbonyl (C=O) groups is 2. The minimum Gasteiger partial charge on any atom is -0.505 e. The van der Waals surface area contributed by atoms with E-state index in [9.17, 15) is 19.8 Å². The predicted octanol–water partition coefficient (Wildman–Crippen LogP) is 13.8. The predicted molar refractivity (Wildman–Crippen MR) is 232 cm³/mol. The number of phenolic OH excluding ortho intramolecular Hbond substituents is 2. The molecule has 0 aliphatic rings. The van der Waals surface area contributed by atoms with Gasteiger partial charge >= 0.3 is 0 Å². The van der Waals surface area contributed by atoms with Crippen LogP contribution in [0.2, 0.25) is 10.0 Å². The highest BCUT2D eigenvalue weighted by Crippen LogP contribution is 2.42. The van der Waals surface area contributed by atoms with Crippen LogP contribution in [0.1, 0.15) is 31.8 Å². The number of carbonyl (C=O) groups excluding carboxylic acids is 2. The summed E-state index contributed by atoms with van der Waals surface area (Å²) < 4.78 is 0. The molecule has 0 spiro atoms. The molecule has 58 heavy (non-hydrogen) atoms. The monoisotopic (exact) mass is 802 g/mol. The Morgan fingerprint density at radius 1 is 0.483 bits per heavy atom. The summed E-state index contributed by atoms with van der Waals surface area (Å²) in [7, 11) is 0. The van der Waals surface area contributed by atoms with Crippen LogP contribution in [0.15, 0.2) is 154 Å². The summed E-state index contributed by atoms with van der Waals surface area (Å²) in [5.74, 6) is -1.86. The van der Waals surface area contributed by atoms with Gasteiger partial charge in [0.2, 0.25) is 0 Å². The number of rotatable bonds is 8. The Hall–Kier alpha value is -7.14. The number of benzene rings is 8. The Morgan fingerprint density at radius 2 is 0.862 bits per heavy atom. The second kappa shape index (κ2) is 15.8. The standard InChI is InChI=1S/C46H32Cl2N6O4/c1-25-35(47)17-9-19-37(25)51-53-41-29-13-5-3-11-27(29)23-33(43(41)55)45(57)49-39-21-7-16-32-31(39)15-8-22-40(32)50-46(58)34-24-28-12-4-6-14-30(28)42(44(34)56)54-52-38-20-10-18-36(48)26(38)2/h3-24,55-56H,1-2H3,(H,49,57)(H,50,58). The number of nitrogens with one attached hydrogen (secondary N) is 2. The first-order valence-corrected chi connectivity index (χ1v) is 18.8. The van der Waals surface area contributed by atoms with Crippen molar-refractivity contribution in [2.24, 2.45) is 20.5 Å². The number of anilines is 2. The van der Waals surface area contributed by atoms with Crippen LogP contribution in [0, 0.1) is 13.8 Å². The summed E-state index contributed by atoms with van der Waals surface area (Å²) in [5.41, 5.74) is 3.59. The molecule has 8 rings (SSSR count). The van der Waals surface area contributed by atoms with Gasteiger partial charge < -0.3 is 20.8 Å². The van der Waals surface area contributed by atoms with Gasteiger partial charge in [0.25, 0.3) is 11.8 Å². The second-order valence-electron chi connectivity index (χ2n) is 13.5. The SMILES string of the molecule is Cc1c(Cl)cccc1N=Nc1c(O)c(C(=O)Nc2cccc3c(NC(=O)c4cc5ccccc5c(N=Nc5cccc(Cl)c5C)c4O)cccc23)cc2ccccc12. The summed E-state index contributed by atoms with van der Waals surface area (Å²) in [4.78, 5) is 27.9. The van der Waals surface area contributed by atoms with Crippen LogP contribution in [0.3, 0.4) is 0 Å². The fourth-order valence-corrected chi connectivity index (χ4v) is 7.05. The molecule has 0 aliphatic carbocycles. The molecule has 0 radical (unpaired) electrons. The molecule has 0 aliphatic heterocycles. The Bertz CT molecular complexity index is 2830. The first kappa shape index (κ1) is 37.8. The van der Waals surface area contributed by atoms with Crippen molar-refractivity contribution in [2.75, 3.05) is 10.6 Å². The van der Waals surface area contributed by atoms with Crippen LogP contribution in [0.5, 0.6) is 11.5 Å². The molecule has 8 aromatic carbocycles. The lowest BCUT2D eigenvalue weighted by molar-refractivity contribution is 0.101. The fourth-order valence-electron chi connectivity index (χ4n) is 6.71. The molecule has 10 nitrogen and oxygen atoms in total. The van der Waals surface area contributed by atoms with Crippen molar-refractivity contribution in [3.63, 3.8) is 0 Å². The van der Waals surface area contributed by atoms with Gasteiger partial charge in [0.1, 0.15) is 11.4 Å². The third-order valence-corrected chi connectivity index (χ3v) is 10.7. The Labute approximate surface area is 342 Å². The second-order valence-corrected chi connectivity index (χ2v) is 14.3. The molecule has 0 unspecified atom stereocenters. The number of amides is 2. The van der Waals surface area contributed by atoms with Gasteiger partial charge in [-0.05, 0) is 84.3 Å². The van der Waals surface area contributed by atoms with Crippen molar-refractivity contribution in [3.05, 3.63) is 166 Å². The van der Waals surface area contributed by atoms with E-state index < -0.39 is 11.8 Å². The molecule has 0 atom stereocenters. The minimum atomic E-state index is -0.587. The Kier molecular flexibility index (Phi) is 10.3. The maximum Gasteiger partial charge on any atom is 0.259 e. The molecule has 0 fully saturated rings. The number of azo groups is 2. The summed E-state index contributed by atoms with van der Waals surface area (Å²) >= 11 is 12.6. The van der Waals surface area contributed by atoms with E-state index in [1.54, 1.807) is 97.1 Å². The van der Waals surface area contributed by atoms with Gasteiger partial charge in [-0.3, -0.25) is 9.59 Å². The van der Waals surface area contributed by atoms with E-state index in [2.05, 4.69) is 31.1 Å². The lowest BCUT2D eigenvalue weighted by atomic mass is 10.0. The molecule has 0 heterocycles. The molecular weight excluding hydrogens is 771 g/mol. The highest BCUT2D eigenvalue weighted by molar-refractivity contribution is 6.32. The number of hydrogen-bond donors (Lipinski definition) is 4. The maximum atomic E-state index is 14.0. The van der Waals surface area contributed by atoms with Crippen LogP contribution in [-0.4, -0.2) is 22.0 Å². The zero-order valence-corrected chi connectivity index (χ0v) is 32.5. The number of fused-ring (bicyclic) bond motifs is 3. The first-order valence-electron chi connectivity index (χ1n) is 18.1. The Balaban J connectivity index is 1.11. The van der Waals surface area contributed by atoms with Crippen LogP contribution < -0.4 is 10.6 Å². The largest absolute Gasteiger partial charge is 0.505 e. The van der Waals surface area contributed by atoms with Crippen LogP contribution in [-0.2, 0) is 0 Å². The molecule has 0 aromatic heterocycles. The fraction of sp³-hybridized carbons (Fsp3) is 0.0435. The topological polar surface area (TPSA) is 148 Å². The van der Waals surface area contributed by atoms with Gasteiger partial charge in [0.05, 0.1) is 22.5 Å². The van der Waals surface area contributed by atoms with E-state index in [0.717, 1.165) is 11.1 Å². The molecule has 12 heteroatoms. The average molecular weight is 804 g/mol. The quantitative estimate of drug-likeness (QED) is 0.113. The third-order valence-electron chi connectivity index (χ3n) is 9.89. The van der Waals surface area contributed by atoms with Crippen molar-refractivity contribution in [3.8, 4) is 11.5 Å². The highest BCUT2D eigenvalue weighted by Gasteiger charge is 2.22. The number of halogens is 2. The molecule has 0 bridgehead atoms. The van der Waals surface area contributed by atoms with E-state index in [4.69, 9.17) is 23.2 Å². The molecule has 4 N–H and O–H groups in total. The molecular formula is C46H32Cl2N6O4. The summed E-state index contributed by atoms with van der Waals surface area (Å²) in [6.45, 7) is 3.64. The van der Waals surface area contributed by atoms with Gasteiger partial charge in [0, 0.05) is 43.0 Å². The molecule has 0 saturated heterocycles. The number of nitrogens with zero attached hydrogens (tertiary/aromatic N) is 4. The highest BCUT2D eigenvalue weighted by atomic mass is 35.5. The average Bonchev–Trinajstić information content (AvgIpc) is 3.23. The van der Waals surface area contributed by atoms with Gasteiger partial charge in [0.15, 0.2) is 11.5 Å². The Morgan fingerprint density at radius 3 is 1.29 bits per heavy atom. The molecule has 8 aromatic rings. The lowest BCUT2D eigenvalue weighted by Crippen LogP contribution is -2.14. The van der Waals surface area contributed by atoms with Gasteiger partial charge in [-0.25, -0.2) is 0 Å². The van der Waals surface area contributed by atoms with Crippen molar-refractivity contribution in [1.82, 2.24) is 0 Å². The zero-order chi connectivity index (χ0) is 40.5. The summed E-state index contributed by atoms with van der Waals surface area (Å²) in [6.07, 6.45) is 0. The molecule has 284 valence electrons. The molecule has 2 amide bonds. The lowest BCUT2D eigenvalue weighted by Gasteiger charge is -2.15. The van der Waals surface area contributed by atoms with Gasteiger partial charge in [-0.15, -0.1) is 10.2 Å². The maximum absolute atomic E-state index is 14.0. The van der Waals surface area contributed by atoms with Crippen molar-refractivity contribution in [1.29, 1.82) is 0 Å². The van der Waals surface area contributed by atoms with Crippen LogP contribution in [0.25, 0.3) is 32.3 Å². The normalized spacial score (nSPS) is 11.6. The van der Waals surface area contributed by atoms with E-state index in [1.807, 2.05) is 50.2 Å². The number of phenols is 2. The van der Waals surface area contributed by atoms with Gasteiger partial charge in [-0.1, -0.05) is 108 Å². The van der Waals surface area contributed by atoms with Crippen molar-refractivity contribution >= 4 is 101 Å². The third kappa shape index (κ3) is 7.18. The van der Waals surface area contributed by atoms with Crippen LogP contribution >= 0.6 is 23.2 Å². The van der Waals surface area contributed by atoms with E-state index in [1.165, 1.54) is 0 Å². The van der Waals surface area contributed by atoms with Crippen molar-refractivity contribution < 1.29 is 19.8 Å². The minimum absolute atomic E-state index is 0.0119. The summed E-state index contributed by atoms with van der Waals surface area (Å²) in [5, 5.41) is 51.2. The zero-order valence-electron chi connectivity index (χ0n) is 31.0. The van der Waals surface area contributed by atoms with E-state index in [-0.39, 0.29) is 34.0 Å². The van der Waals surface area contributed by atoms with Crippen molar-refractivity contribution in [2.45, 2.75) is 13.8 Å². The summed E-state index contributed by atoms with van der Waals surface area (Å²) in [6, 6.07) is 38.8.